The molecule has 1 rings (SSSR count). The predicted molar refractivity (Wildman–Crippen MR) is 54.8 cm³/mol. The Hall–Kier alpha value is -0.120. The standard InChI is InChI=1S/C10H22N2O/c1-13-9-8-12(7-3-6-11)10-4-2-5-10/h10H,2-9,11H2,1H3. The summed E-state index contributed by atoms with van der Waals surface area (Å²) >= 11 is 0. The second kappa shape index (κ2) is 6.35. The van der Waals surface area contributed by atoms with E-state index in [0.29, 0.717) is 0 Å². The molecule has 3 nitrogen and oxygen atoms in total. The highest BCUT2D eigenvalue weighted by atomic mass is 16.5. The predicted octanol–water partition coefficient (Wildman–Crippen LogP) is 0.836. The van der Waals surface area contributed by atoms with Gasteiger partial charge >= 0.3 is 0 Å². The first-order chi connectivity index (χ1) is 6.38. The number of rotatable bonds is 7. The van der Waals surface area contributed by atoms with Crippen molar-refractivity contribution in [2.45, 2.75) is 31.7 Å². The number of nitrogens with zero attached hydrogens (tertiary/aromatic N) is 1. The van der Waals surface area contributed by atoms with Gasteiger partial charge in [0, 0.05) is 19.7 Å². The van der Waals surface area contributed by atoms with Crippen LogP contribution in [0.15, 0.2) is 0 Å². The molecule has 0 radical (unpaired) electrons. The lowest BCUT2D eigenvalue weighted by Crippen LogP contribution is -2.42. The van der Waals surface area contributed by atoms with Gasteiger partial charge in [0.05, 0.1) is 6.61 Å². The maximum absolute atomic E-state index is 5.51. The molecule has 0 unspecified atom stereocenters. The van der Waals surface area contributed by atoms with Gasteiger partial charge in [0.2, 0.25) is 0 Å². The molecular weight excluding hydrogens is 164 g/mol. The van der Waals surface area contributed by atoms with Gasteiger partial charge in [-0.3, -0.25) is 4.90 Å². The molecule has 0 spiro atoms. The van der Waals surface area contributed by atoms with Crippen LogP contribution in [-0.2, 0) is 4.74 Å². The van der Waals surface area contributed by atoms with Gasteiger partial charge < -0.3 is 10.5 Å². The Bertz CT molecular complexity index is 118. The van der Waals surface area contributed by atoms with Crippen molar-refractivity contribution < 1.29 is 4.74 Å². The average Bonchev–Trinajstić information content (AvgIpc) is 2.06. The molecule has 0 saturated heterocycles. The molecule has 0 amide bonds. The summed E-state index contributed by atoms with van der Waals surface area (Å²) in [7, 11) is 1.77. The summed E-state index contributed by atoms with van der Waals surface area (Å²) < 4.78 is 5.10. The zero-order valence-corrected chi connectivity index (χ0v) is 8.67. The quantitative estimate of drug-likeness (QED) is 0.640. The van der Waals surface area contributed by atoms with Crippen molar-refractivity contribution in [1.82, 2.24) is 4.90 Å². The van der Waals surface area contributed by atoms with E-state index in [4.69, 9.17) is 10.5 Å². The van der Waals surface area contributed by atoms with Crippen molar-refractivity contribution in [2.24, 2.45) is 5.73 Å². The lowest BCUT2D eigenvalue weighted by Gasteiger charge is -2.37. The van der Waals surface area contributed by atoms with Crippen molar-refractivity contribution in [3.8, 4) is 0 Å². The van der Waals surface area contributed by atoms with Crippen LogP contribution in [0.5, 0.6) is 0 Å². The molecule has 0 aromatic heterocycles. The molecule has 78 valence electrons. The topological polar surface area (TPSA) is 38.5 Å². The van der Waals surface area contributed by atoms with Gasteiger partial charge in [-0.25, -0.2) is 0 Å². The van der Waals surface area contributed by atoms with Crippen LogP contribution in [0.25, 0.3) is 0 Å². The third kappa shape index (κ3) is 3.63. The van der Waals surface area contributed by atoms with Gasteiger partial charge in [-0.05, 0) is 32.4 Å². The molecule has 3 heteroatoms. The monoisotopic (exact) mass is 186 g/mol. The fraction of sp³-hybridized carbons (Fsp3) is 1.00. The fourth-order valence-electron chi connectivity index (χ4n) is 1.73. The Balaban J connectivity index is 2.16. The second-order valence-corrected chi connectivity index (χ2v) is 3.76. The molecule has 1 aliphatic rings. The van der Waals surface area contributed by atoms with Crippen molar-refractivity contribution in [3.05, 3.63) is 0 Å². The largest absolute Gasteiger partial charge is 0.383 e. The SMILES string of the molecule is COCCN(CCCN)C1CCC1. The minimum Gasteiger partial charge on any atom is -0.383 e. The highest BCUT2D eigenvalue weighted by Gasteiger charge is 2.23. The summed E-state index contributed by atoms with van der Waals surface area (Å²) in [4.78, 5) is 2.53. The molecule has 2 N–H and O–H groups in total. The first-order valence-electron chi connectivity index (χ1n) is 5.31. The third-order valence-corrected chi connectivity index (χ3v) is 2.82. The molecule has 0 atom stereocenters. The fourth-order valence-corrected chi connectivity index (χ4v) is 1.73. The van der Waals surface area contributed by atoms with Crippen LogP contribution in [0.2, 0.25) is 0 Å². The van der Waals surface area contributed by atoms with Crippen LogP contribution < -0.4 is 5.73 Å². The van der Waals surface area contributed by atoms with E-state index < -0.39 is 0 Å². The molecule has 0 bridgehead atoms. The van der Waals surface area contributed by atoms with Crippen LogP contribution in [0.1, 0.15) is 25.7 Å². The lowest BCUT2D eigenvalue weighted by molar-refractivity contribution is 0.0844. The molecule has 0 aromatic rings. The highest BCUT2D eigenvalue weighted by molar-refractivity contribution is 4.79. The van der Waals surface area contributed by atoms with E-state index in [-0.39, 0.29) is 0 Å². The zero-order valence-electron chi connectivity index (χ0n) is 8.67. The second-order valence-electron chi connectivity index (χ2n) is 3.76. The molecule has 13 heavy (non-hydrogen) atoms. The van der Waals surface area contributed by atoms with Gasteiger partial charge in [-0.15, -0.1) is 0 Å². The molecule has 0 aromatic carbocycles. The summed E-state index contributed by atoms with van der Waals surface area (Å²) in [6, 6.07) is 0.821. The maximum atomic E-state index is 5.51. The maximum Gasteiger partial charge on any atom is 0.0589 e. The van der Waals surface area contributed by atoms with Gasteiger partial charge in [-0.2, -0.15) is 0 Å². The van der Waals surface area contributed by atoms with Crippen LogP contribution in [0, 0.1) is 0 Å². The molecule has 1 saturated carbocycles. The summed E-state index contributed by atoms with van der Waals surface area (Å²) in [6.07, 6.45) is 5.25. The number of ether oxygens (including phenoxy) is 1. The molecule has 0 heterocycles. The first-order valence-corrected chi connectivity index (χ1v) is 5.31. The Morgan fingerprint density at radius 1 is 1.38 bits per heavy atom. The number of methoxy groups -OCH3 is 1. The van der Waals surface area contributed by atoms with E-state index in [1.54, 1.807) is 7.11 Å². The van der Waals surface area contributed by atoms with Crippen molar-refractivity contribution in [3.63, 3.8) is 0 Å². The first kappa shape index (κ1) is 11.0. The highest BCUT2D eigenvalue weighted by Crippen LogP contribution is 2.24. The normalized spacial score (nSPS) is 17.8. The molecule has 0 aliphatic heterocycles. The minimum absolute atomic E-state index is 0.802. The van der Waals surface area contributed by atoms with Crippen LogP contribution >= 0.6 is 0 Å². The Morgan fingerprint density at radius 2 is 2.15 bits per heavy atom. The van der Waals surface area contributed by atoms with E-state index in [9.17, 15) is 0 Å². The third-order valence-electron chi connectivity index (χ3n) is 2.82. The van der Waals surface area contributed by atoms with Gasteiger partial charge in [0.1, 0.15) is 0 Å². The van der Waals surface area contributed by atoms with E-state index >= 15 is 0 Å². The van der Waals surface area contributed by atoms with Crippen LogP contribution in [0.4, 0.5) is 0 Å². The number of nitrogens with two attached hydrogens (primary N) is 1. The van der Waals surface area contributed by atoms with E-state index in [0.717, 1.165) is 38.7 Å². The van der Waals surface area contributed by atoms with E-state index in [2.05, 4.69) is 4.90 Å². The lowest BCUT2D eigenvalue weighted by atomic mass is 9.91. The van der Waals surface area contributed by atoms with Gasteiger partial charge in [0.25, 0.3) is 0 Å². The molecular formula is C10H22N2O. The van der Waals surface area contributed by atoms with Gasteiger partial charge in [0.15, 0.2) is 0 Å². The number of hydrogen-bond acceptors (Lipinski definition) is 3. The van der Waals surface area contributed by atoms with Crippen molar-refractivity contribution in [1.29, 1.82) is 0 Å². The van der Waals surface area contributed by atoms with Crippen LogP contribution in [0.3, 0.4) is 0 Å². The summed E-state index contributed by atoms with van der Waals surface area (Å²) in [5.74, 6) is 0. The smallest absolute Gasteiger partial charge is 0.0589 e. The Labute approximate surface area is 81.2 Å². The van der Waals surface area contributed by atoms with E-state index in [1.807, 2.05) is 0 Å². The number of hydrogen-bond donors (Lipinski definition) is 1. The summed E-state index contributed by atoms with van der Waals surface area (Å²) in [5, 5.41) is 0. The summed E-state index contributed by atoms with van der Waals surface area (Å²) in [6.45, 7) is 3.86. The van der Waals surface area contributed by atoms with Crippen LogP contribution in [-0.4, -0.2) is 44.3 Å². The Kier molecular flexibility index (Phi) is 5.35. The summed E-state index contributed by atoms with van der Waals surface area (Å²) in [5.41, 5.74) is 5.51. The van der Waals surface area contributed by atoms with E-state index in [1.165, 1.54) is 19.3 Å². The molecule has 1 fully saturated rings. The molecule has 1 aliphatic carbocycles. The van der Waals surface area contributed by atoms with Gasteiger partial charge in [-0.1, -0.05) is 6.42 Å². The average molecular weight is 186 g/mol. The van der Waals surface area contributed by atoms with Crippen molar-refractivity contribution >= 4 is 0 Å². The van der Waals surface area contributed by atoms with Crippen molar-refractivity contribution in [2.75, 3.05) is 33.4 Å². The zero-order chi connectivity index (χ0) is 9.52. The minimum atomic E-state index is 0.802. The Morgan fingerprint density at radius 3 is 2.62 bits per heavy atom.